The van der Waals surface area contributed by atoms with Gasteiger partial charge in [0.25, 0.3) is 0 Å². The molecule has 0 rings (SSSR count). The van der Waals surface area contributed by atoms with Crippen LogP contribution in [0.2, 0.25) is 0 Å². The second-order valence-electron chi connectivity index (χ2n) is 0.837. The number of hydrogen-bond donors (Lipinski definition) is 0. The molecular formula is C5H4N2Na2S2. The van der Waals surface area contributed by atoms with E-state index < -0.39 is 0 Å². The average Bonchev–Trinajstić information content (AvgIpc) is 1.89. The minimum absolute atomic E-state index is 0. The monoisotopic (exact) mass is 202 g/mol. The fourth-order valence-corrected chi connectivity index (χ4v) is 0. The summed E-state index contributed by atoms with van der Waals surface area (Å²) in [4.78, 5) is 0.144. The van der Waals surface area contributed by atoms with Gasteiger partial charge in [-0.25, -0.2) is 5.26 Å². The van der Waals surface area contributed by atoms with E-state index in [0.717, 1.165) is 0 Å². The number of hydrogen-bond acceptors (Lipinski definition) is 4. The van der Waals surface area contributed by atoms with Crippen LogP contribution in [0.5, 0.6) is 0 Å². The molecule has 0 spiro atoms. The predicted octanol–water partition coefficient (Wildman–Crippen LogP) is -5.36. The maximum absolute atomic E-state index is 7.69. The van der Waals surface area contributed by atoms with E-state index in [1.54, 1.807) is 12.1 Å². The van der Waals surface area contributed by atoms with Crippen molar-refractivity contribution < 1.29 is 59.1 Å². The third-order valence-electron chi connectivity index (χ3n) is 0.189. The molecule has 0 atom stereocenters. The zero-order valence-electron chi connectivity index (χ0n) is 6.63. The quantitative estimate of drug-likeness (QED) is 0.223. The van der Waals surface area contributed by atoms with Crippen molar-refractivity contribution in [1.82, 2.24) is 0 Å². The molecule has 0 amide bonds. The maximum atomic E-state index is 7.69. The Morgan fingerprint density at radius 1 is 1.36 bits per heavy atom. The van der Waals surface area contributed by atoms with Gasteiger partial charge in [0, 0.05) is 6.07 Å². The third kappa shape index (κ3) is 52.9. The second kappa shape index (κ2) is 22.5. The molecule has 0 N–H and O–H groups in total. The molecule has 48 valence electrons. The maximum Gasteiger partial charge on any atom is 1.00 e. The molecule has 0 unspecified atom stereocenters. The first-order valence-electron chi connectivity index (χ1n) is 1.90. The van der Waals surface area contributed by atoms with E-state index in [-0.39, 0.29) is 69.8 Å². The molecule has 0 heterocycles. The molecule has 0 saturated heterocycles. The van der Waals surface area contributed by atoms with Crippen LogP contribution < -0.4 is 59.1 Å². The Balaban J connectivity index is -0.0000000383. The van der Waals surface area contributed by atoms with Crippen molar-refractivity contribution in [3.05, 3.63) is 11.5 Å². The molecule has 0 aliphatic carbocycles. The van der Waals surface area contributed by atoms with Gasteiger partial charge in [-0.05, 0) is 0 Å². The number of rotatable bonds is 0. The molecule has 11 heavy (non-hydrogen) atoms. The van der Waals surface area contributed by atoms with Crippen LogP contribution in [-0.4, -0.2) is 5.75 Å². The molecule has 2 nitrogen and oxygen atoms in total. The molecule has 0 aromatic rings. The molecular weight excluding hydrogens is 198 g/mol. The van der Waals surface area contributed by atoms with Crippen LogP contribution in [0.3, 0.4) is 0 Å². The van der Waals surface area contributed by atoms with Crippen molar-refractivity contribution in [2.75, 3.05) is 5.75 Å². The van der Waals surface area contributed by atoms with Crippen LogP contribution in [-0.2, 0) is 25.3 Å². The molecule has 0 aromatic carbocycles. The largest absolute Gasteiger partial charge is 1.00 e. The Kier molecular flexibility index (Phi) is 46.6. The van der Waals surface area contributed by atoms with Gasteiger partial charge < -0.3 is 25.3 Å². The van der Waals surface area contributed by atoms with E-state index in [1.165, 1.54) is 0 Å². The van der Waals surface area contributed by atoms with E-state index in [1.807, 2.05) is 0 Å². The van der Waals surface area contributed by atoms with Gasteiger partial charge in [-0.2, -0.15) is 5.26 Å². The van der Waals surface area contributed by atoms with E-state index in [0.29, 0.717) is 0 Å². The zero-order chi connectivity index (χ0) is 7.70. The summed E-state index contributed by atoms with van der Waals surface area (Å²) in [5.74, 6) is 0.208. The Bertz CT molecular complexity index is 159. The van der Waals surface area contributed by atoms with Crippen LogP contribution in [0.25, 0.3) is 0 Å². The van der Waals surface area contributed by atoms with Crippen LogP contribution >= 0.6 is 0 Å². The standard InChI is InChI=1S/C3H3NS.C2H3NS.2Na/c1-3(5)2-4;3-1-2-4;;/h5H,1H2;4H,2H2;;/q;;2*+1/p-2. The summed E-state index contributed by atoms with van der Waals surface area (Å²) < 4.78 is 0. The van der Waals surface area contributed by atoms with E-state index >= 15 is 0 Å². The molecule has 0 aliphatic rings. The Morgan fingerprint density at radius 3 is 1.55 bits per heavy atom. The summed E-state index contributed by atoms with van der Waals surface area (Å²) >= 11 is 8.42. The van der Waals surface area contributed by atoms with Gasteiger partial charge in [0.1, 0.15) is 0 Å². The van der Waals surface area contributed by atoms with Crippen molar-refractivity contribution >= 4 is 25.3 Å². The normalized spacial score (nSPS) is 4.27. The van der Waals surface area contributed by atoms with Crippen molar-refractivity contribution in [1.29, 1.82) is 10.5 Å². The molecule has 0 bridgehead atoms. The summed E-state index contributed by atoms with van der Waals surface area (Å²) in [6.45, 7) is 3.13. The SMILES string of the molecule is C=C([S-])C#N.N#CC[S-].[Na+].[Na+]. The fraction of sp³-hybridized carbons (Fsp3) is 0.200. The van der Waals surface area contributed by atoms with Gasteiger partial charge >= 0.3 is 59.1 Å². The van der Waals surface area contributed by atoms with Crippen LogP contribution in [0, 0.1) is 22.7 Å². The number of allylic oxidation sites excluding steroid dienone is 1. The fourth-order valence-electron chi connectivity index (χ4n) is 0. The van der Waals surface area contributed by atoms with E-state index in [2.05, 4.69) is 31.8 Å². The van der Waals surface area contributed by atoms with Gasteiger partial charge in [-0.15, -0.1) is 11.5 Å². The predicted molar refractivity (Wildman–Crippen MR) is 40.0 cm³/mol. The second-order valence-corrected chi connectivity index (χ2v) is 1.62. The topological polar surface area (TPSA) is 47.6 Å². The molecule has 0 radical (unpaired) electrons. The number of nitrogens with zero attached hydrogens (tertiary/aromatic N) is 2. The zero-order valence-corrected chi connectivity index (χ0v) is 12.3. The molecule has 0 saturated carbocycles. The van der Waals surface area contributed by atoms with E-state index in [9.17, 15) is 0 Å². The summed E-state index contributed by atoms with van der Waals surface area (Å²) in [6.07, 6.45) is 0. The Hall–Kier alpha value is 1.29. The Labute approximate surface area is 122 Å². The van der Waals surface area contributed by atoms with Crippen molar-refractivity contribution in [2.45, 2.75) is 0 Å². The minimum Gasteiger partial charge on any atom is -0.778 e. The number of nitriles is 2. The first-order chi connectivity index (χ1) is 4.18. The van der Waals surface area contributed by atoms with Crippen LogP contribution in [0.15, 0.2) is 11.5 Å². The van der Waals surface area contributed by atoms with Gasteiger partial charge in [0.05, 0.1) is 6.07 Å². The van der Waals surface area contributed by atoms with Crippen molar-refractivity contribution in [3.8, 4) is 12.1 Å². The van der Waals surface area contributed by atoms with Crippen LogP contribution in [0.4, 0.5) is 0 Å². The Morgan fingerprint density at radius 2 is 1.55 bits per heavy atom. The van der Waals surface area contributed by atoms with Crippen LogP contribution in [0.1, 0.15) is 0 Å². The van der Waals surface area contributed by atoms with Gasteiger partial charge in [0.2, 0.25) is 0 Å². The smallest absolute Gasteiger partial charge is 0.778 e. The molecule has 0 aromatic heterocycles. The van der Waals surface area contributed by atoms with Gasteiger partial charge in [0.15, 0.2) is 0 Å². The first-order valence-corrected chi connectivity index (χ1v) is 2.88. The summed E-state index contributed by atoms with van der Waals surface area (Å²) in [6, 6.07) is 3.39. The van der Waals surface area contributed by atoms with Gasteiger partial charge in [-0.3, -0.25) is 0 Å². The molecule has 0 aliphatic heterocycles. The molecule has 6 heteroatoms. The first kappa shape index (κ1) is 22.8. The van der Waals surface area contributed by atoms with E-state index in [4.69, 9.17) is 10.5 Å². The summed E-state index contributed by atoms with van der Waals surface area (Å²) in [5.41, 5.74) is 0. The van der Waals surface area contributed by atoms with Crippen molar-refractivity contribution in [2.24, 2.45) is 0 Å². The minimum atomic E-state index is 0. The summed E-state index contributed by atoms with van der Waals surface area (Å²) in [5, 5.41) is 15.2. The average molecular weight is 202 g/mol. The summed E-state index contributed by atoms with van der Waals surface area (Å²) in [7, 11) is 0. The third-order valence-corrected chi connectivity index (χ3v) is 0.410. The van der Waals surface area contributed by atoms with Crippen molar-refractivity contribution in [3.63, 3.8) is 0 Å². The van der Waals surface area contributed by atoms with Gasteiger partial charge in [-0.1, -0.05) is 5.75 Å². The molecule has 0 fully saturated rings.